The molecule has 4 N–H and O–H groups in total. The first-order valence-corrected chi connectivity index (χ1v) is 10.0. The number of nitrogens with two attached hydrogens (primary N) is 1. The van der Waals surface area contributed by atoms with Gasteiger partial charge in [0.05, 0.1) is 18.2 Å². The smallest absolute Gasteiger partial charge is 0.190 e. The maximum atomic E-state index is 10.5. The summed E-state index contributed by atoms with van der Waals surface area (Å²) in [6.07, 6.45) is 3.16. The van der Waals surface area contributed by atoms with Gasteiger partial charge in [0, 0.05) is 11.8 Å². The Bertz CT molecular complexity index is 1010. The number of phenolic OH excluding ortho intramolecular Hbond substituents is 1. The predicted octanol–water partition coefficient (Wildman–Crippen LogP) is 3.91. The lowest BCUT2D eigenvalue weighted by molar-refractivity contribution is -0.731. The van der Waals surface area contributed by atoms with Crippen LogP contribution in [0.15, 0.2) is 78.9 Å². The Balaban J connectivity index is 1.76. The van der Waals surface area contributed by atoms with E-state index in [9.17, 15) is 5.11 Å². The third kappa shape index (κ3) is 3.98. The van der Waals surface area contributed by atoms with Crippen molar-refractivity contribution < 1.29 is 15.2 Å². The molecule has 0 bridgehead atoms. The van der Waals surface area contributed by atoms with Crippen LogP contribution < -0.4 is 15.4 Å². The fourth-order valence-corrected chi connectivity index (χ4v) is 3.87. The van der Waals surface area contributed by atoms with Crippen LogP contribution >= 0.6 is 0 Å². The molecule has 2 atom stereocenters. The molecule has 1 heterocycles. The van der Waals surface area contributed by atoms with Crippen molar-refractivity contribution in [2.45, 2.75) is 25.6 Å². The number of aryl methyl sites for hydroxylation is 1. The van der Waals surface area contributed by atoms with Gasteiger partial charge in [-0.2, -0.15) is 0 Å². The zero-order valence-electron chi connectivity index (χ0n) is 16.8. The van der Waals surface area contributed by atoms with Gasteiger partial charge in [0.1, 0.15) is 17.5 Å². The molecule has 3 aromatic carbocycles. The molecule has 0 amide bonds. The standard InChI is InChI=1S/C25H26N2O2/c1-3-17-12-14-18(15-13-17)21-16-22(19-8-4-6-10-23(19)28)27-25(26-21)20-9-5-7-11-24(20)29-2/h4-16,22,25-28H,3H2,1-2H3/p+1. The van der Waals surface area contributed by atoms with Gasteiger partial charge in [-0.25, -0.2) is 0 Å². The van der Waals surface area contributed by atoms with Gasteiger partial charge >= 0.3 is 0 Å². The topological polar surface area (TPSA) is 58.1 Å². The summed E-state index contributed by atoms with van der Waals surface area (Å²) in [6.45, 7) is 2.16. The van der Waals surface area contributed by atoms with E-state index in [4.69, 9.17) is 4.74 Å². The fraction of sp³-hybridized carbons (Fsp3) is 0.200. The second kappa shape index (κ2) is 8.41. The highest BCUT2D eigenvalue weighted by atomic mass is 16.5. The Kier molecular flexibility index (Phi) is 5.54. The molecule has 2 unspecified atom stereocenters. The van der Waals surface area contributed by atoms with E-state index in [1.54, 1.807) is 13.2 Å². The zero-order valence-corrected chi connectivity index (χ0v) is 16.8. The Morgan fingerprint density at radius 3 is 2.31 bits per heavy atom. The average Bonchev–Trinajstić information content (AvgIpc) is 2.79. The fourth-order valence-electron chi connectivity index (χ4n) is 3.87. The molecule has 29 heavy (non-hydrogen) atoms. The lowest BCUT2D eigenvalue weighted by Gasteiger charge is -2.30. The van der Waals surface area contributed by atoms with Gasteiger partial charge in [0.25, 0.3) is 0 Å². The molecule has 4 nitrogen and oxygen atoms in total. The number of methoxy groups -OCH3 is 1. The molecule has 0 aliphatic carbocycles. The molecule has 148 valence electrons. The van der Waals surface area contributed by atoms with E-state index in [0.717, 1.165) is 34.6 Å². The highest BCUT2D eigenvalue weighted by Crippen LogP contribution is 2.31. The Morgan fingerprint density at radius 2 is 1.62 bits per heavy atom. The lowest BCUT2D eigenvalue weighted by Crippen LogP contribution is -2.89. The average molecular weight is 388 g/mol. The number of hydrogen-bond donors (Lipinski definition) is 3. The first kappa shape index (κ1) is 19.1. The van der Waals surface area contributed by atoms with Crippen LogP contribution in [0.2, 0.25) is 0 Å². The third-order valence-corrected chi connectivity index (χ3v) is 5.50. The summed E-state index contributed by atoms with van der Waals surface area (Å²) in [7, 11) is 1.70. The highest BCUT2D eigenvalue weighted by molar-refractivity contribution is 5.66. The first-order chi connectivity index (χ1) is 14.2. The van der Waals surface area contributed by atoms with Crippen LogP contribution in [-0.2, 0) is 6.42 Å². The maximum absolute atomic E-state index is 10.5. The van der Waals surface area contributed by atoms with Gasteiger partial charge in [0.2, 0.25) is 0 Å². The molecule has 4 heteroatoms. The van der Waals surface area contributed by atoms with Crippen molar-refractivity contribution in [3.8, 4) is 11.5 Å². The molecule has 0 aromatic heterocycles. The Hall–Kier alpha value is -3.24. The monoisotopic (exact) mass is 387 g/mol. The lowest BCUT2D eigenvalue weighted by atomic mass is 9.97. The van der Waals surface area contributed by atoms with Crippen LogP contribution in [0.3, 0.4) is 0 Å². The van der Waals surface area contributed by atoms with Gasteiger partial charge in [-0.05, 0) is 41.8 Å². The van der Waals surface area contributed by atoms with E-state index < -0.39 is 0 Å². The number of quaternary nitrogens is 1. The van der Waals surface area contributed by atoms with Crippen molar-refractivity contribution in [2.24, 2.45) is 0 Å². The third-order valence-electron chi connectivity index (χ3n) is 5.50. The molecule has 1 aliphatic rings. The molecule has 1 aliphatic heterocycles. The summed E-state index contributed by atoms with van der Waals surface area (Å²) in [6, 6.07) is 24.2. The number of hydrogen-bond acceptors (Lipinski definition) is 3. The predicted molar refractivity (Wildman–Crippen MR) is 115 cm³/mol. The molecular formula is C25H27N2O2+. The molecule has 0 radical (unpaired) electrons. The minimum Gasteiger partial charge on any atom is -0.507 e. The van der Waals surface area contributed by atoms with E-state index in [2.05, 4.69) is 54.0 Å². The van der Waals surface area contributed by atoms with Crippen LogP contribution in [0.25, 0.3) is 5.70 Å². The molecule has 4 rings (SSSR count). The van der Waals surface area contributed by atoms with Crippen LogP contribution in [-0.4, -0.2) is 12.2 Å². The van der Waals surface area contributed by atoms with Crippen molar-refractivity contribution in [2.75, 3.05) is 7.11 Å². The van der Waals surface area contributed by atoms with Crippen molar-refractivity contribution in [3.63, 3.8) is 0 Å². The summed E-state index contributed by atoms with van der Waals surface area (Å²) in [5, 5.41) is 16.3. The molecular weight excluding hydrogens is 360 g/mol. The number of aromatic hydroxyl groups is 1. The maximum Gasteiger partial charge on any atom is 0.190 e. The zero-order chi connectivity index (χ0) is 20.2. The van der Waals surface area contributed by atoms with E-state index >= 15 is 0 Å². The normalized spacial score (nSPS) is 18.6. The summed E-state index contributed by atoms with van der Waals surface area (Å²) in [4.78, 5) is 0. The van der Waals surface area contributed by atoms with E-state index in [-0.39, 0.29) is 12.2 Å². The first-order valence-electron chi connectivity index (χ1n) is 10.0. The number of benzene rings is 3. The largest absolute Gasteiger partial charge is 0.507 e. The Morgan fingerprint density at radius 1 is 0.931 bits per heavy atom. The van der Waals surface area contributed by atoms with Gasteiger partial charge in [-0.1, -0.05) is 55.5 Å². The van der Waals surface area contributed by atoms with E-state index in [1.807, 2.05) is 36.4 Å². The van der Waals surface area contributed by atoms with Crippen LogP contribution in [0.1, 0.15) is 41.4 Å². The number of ether oxygens (including phenoxy) is 1. The summed E-state index contributed by atoms with van der Waals surface area (Å²) in [5.74, 6) is 1.16. The van der Waals surface area contributed by atoms with E-state index in [1.165, 1.54) is 5.56 Å². The molecule has 0 saturated carbocycles. The molecule has 0 spiro atoms. The van der Waals surface area contributed by atoms with Crippen molar-refractivity contribution >= 4 is 5.70 Å². The van der Waals surface area contributed by atoms with Gasteiger partial charge in [-0.3, -0.25) is 0 Å². The van der Waals surface area contributed by atoms with E-state index in [0.29, 0.717) is 5.75 Å². The SMILES string of the molecule is CCc1ccc(C2=CC(c3ccccc3O)[NH2+]C(c3ccccc3OC)N2)cc1. The summed E-state index contributed by atoms with van der Waals surface area (Å²) >= 11 is 0. The number of phenols is 1. The number of para-hydroxylation sites is 2. The van der Waals surface area contributed by atoms with Gasteiger partial charge in [0.15, 0.2) is 6.17 Å². The molecule has 0 fully saturated rings. The second-order valence-electron chi connectivity index (χ2n) is 7.27. The number of nitrogens with one attached hydrogen (secondary N) is 1. The van der Waals surface area contributed by atoms with Crippen molar-refractivity contribution in [1.29, 1.82) is 0 Å². The van der Waals surface area contributed by atoms with Gasteiger partial charge in [-0.15, -0.1) is 0 Å². The Labute approximate surface area is 171 Å². The quantitative estimate of drug-likeness (QED) is 0.622. The van der Waals surface area contributed by atoms with Crippen LogP contribution in [0.4, 0.5) is 0 Å². The number of rotatable bonds is 5. The van der Waals surface area contributed by atoms with Crippen LogP contribution in [0, 0.1) is 0 Å². The van der Waals surface area contributed by atoms with Gasteiger partial charge < -0.3 is 20.5 Å². The van der Waals surface area contributed by atoms with Crippen molar-refractivity contribution in [3.05, 3.63) is 101 Å². The summed E-state index contributed by atoms with van der Waals surface area (Å²) < 4.78 is 5.61. The molecule has 0 saturated heterocycles. The summed E-state index contributed by atoms with van der Waals surface area (Å²) in [5.41, 5.74) is 5.48. The molecule has 3 aromatic rings. The van der Waals surface area contributed by atoms with Crippen molar-refractivity contribution in [1.82, 2.24) is 5.32 Å². The van der Waals surface area contributed by atoms with Crippen LogP contribution in [0.5, 0.6) is 11.5 Å². The second-order valence-corrected chi connectivity index (χ2v) is 7.27. The minimum atomic E-state index is -0.0402. The minimum absolute atomic E-state index is 0.0202. The highest BCUT2D eigenvalue weighted by Gasteiger charge is 2.30.